The van der Waals surface area contributed by atoms with Gasteiger partial charge in [-0.15, -0.1) is 0 Å². The predicted octanol–water partition coefficient (Wildman–Crippen LogP) is 1.15. The number of fused-ring (bicyclic) bond motifs is 1. The molecular weight excluding hydrogens is 152 g/mol. The first-order chi connectivity index (χ1) is 5.74. The zero-order chi connectivity index (χ0) is 8.72. The summed E-state index contributed by atoms with van der Waals surface area (Å²) in [5.41, 5.74) is 0.920. The third-order valence-electron chi connectivity index (χ3n) is 3.48. The standard InChI is InChI=1S/C10H14O2/c1-6-8-3-2-7(5-11)9(8)4-10(6)12/h2,5-6,8-10,12H,3-4H2,1H3/t6-,8-,9-,10-/m1/s1. The van der Waals surface area contributed by atoms with Crippen LogP contribution in [0, 0.1) is 17.8 Å². The van der Waals surface area contributed by atoms with E-state index in [1.165, 1.54) is 0 Å². The van der Waals surface area contributed by atoms with Gasteiger partial charge in [0.2, 0.25) is 0 Å². The molecule has 0 aliphatic heterocycles. The molecule has 2 rings (SSSR count). The summed E-state index contributed by atoms with van der Waals surface area (Å²) in [6, 6.07) is 0. The number of aliphatic hydroxyl groups is 1. The molecule has 0 radical (unpaired) electrons. The van der Waals surface area contributed by atoms with Crippen LogP contribution >= 0.6 is 0 Å². The molecule has 2 aliphatic carbocycles. The number of hydrogen-bond acceptors (Lipinski definition) is 2. The summed E-state index contributed by atoms with van der Waals surface area (Å²) < 4.78 is 0. The van der Waals surface area contributed by atoms with Crippen molar-refractivity contribution in [3.8, 4) is 0 Å². The molecule has 0 saturated heterocycles. The average Bonchev–Trinajstić information content (AvgIpc) is 2.55. The first-order valence-corrected chi connectivity index (χ1v) is 4.57. The van der Waals surface area contributed by atoms with E-state index in [2.05, 4.69) is 6.92 Å². The molecule has 1 N–H and O–H groups in total. The van der Waals surface area contributed by atoms with Crippen molar-refractivity contribution in [3.05, 3.63) is 11.6 Å². The van der Waals surface area contributed by atoms with Crippen LogP contribution in [0.25, 0.3) is 0 Å². The molecule has 1 saturated carbocycles. The van der Waals surface area contributed by atoms with Crippen molar-refractivity contribution >= 4 is 6.29 Å². The second kappa shape index (κ2) is 2.70. The minimum atomic E-state index is -0.191. The highest BCUT2D eigenvalue weighted by atomic mass is 16.3. The van der Waals surface area contributed by atoms with E-state index in [1.807, 2.05) is 6.08 Å². The molecule has 4 atom stereocenters. The molecule has 0 spiro atoms. The molecule has 0 bridgehead atoms. The van der Waals surface area contributed by atoms with Gasteiger partial charge in [0.15, 0.2) is 0 Å². The van der Waals surface area contributed by atoms with E-state index in [0.717, 1.165) is 24.7 Å². The van der Waals surface area contributed by atoms with Crippen LogP contribution in [0.2, 0.25) is 0 Å². The van der Waals surface area contributed by atoms with Gasteiger partial charge in [0.05, 0.1) is 6.10 Å². The topological polar surface area (TPSA) is 37.3 Å². The van der Waals surface area contributed by atoms with Gasteiger partial charge in [0, 0.05) is 0 Å². The molecule has 1 fully saturated rings. The summed E-state index contributed by atoms with van der Waals surface area (Å²) >= 11 is 0. The molecule has 0 heterocycles. The Balaban J connectivity index is 2.19. The van der Waals surface area contributed by atoms with Crippen LogP contribution in [0.1, 0.15) is 19.8 Å². The molecule has 0 aromatic rings. The van der Waals surface area contributed by atoms with Crippen LogP contribution in [0.15, 0.2) is 11.6 Å². The van der Waals surface area contributed by atoms with E-state index in [4.69, 9.17) is 0 Å². The lowest BCUT2D eigenvalue weighted by atomic mass is 9.90. The second-order valence-corrected chi connectivity index (χ2v) is 3.99. The highest BCUT2D eigenvalue weighted by Crippen LogP contribution is 2.46. The number of carbonyl (C=O) groups is 1. The normalized spacial score (nSPS) is 45.7. The molecule has 0 aromatic carbocycles. The monoisotopic (exact) mass is 166 g/mol. The molecule has 12 heavy (non-hydrogen) atoms. The number of aldehydes is 1. The third-order valence-corrected chi connectivity index (χ3v) is 3.48. The summed E-state index contributed by atoms with van der Waals surface area (Å²) in [6.45, 7) is 2.08. The Kier molecular flexibility index (Phi) is 1.80. The van der Waals surface area contributed by atoms with Crippen LogP contribution in [-0.2, 0) is 4.79 Å². The van der Waals surface area contributed by atoms with Gasteiger partial charge in [0.1, 0.15) is 6.29 Å². The van der Waals surface area contributed by atoms with Gasteiger partial charge < -0.3 is 5.11 Å². The first kappa shape index (κ1) is 7.99. The highest BCUT2D eigenvalue weighted by Gasteiger charge is 2.43. The fourth-order valence-corrected chi connectivity index (χ4v) is 2.62. The van der Waals surface area contributed by atoms with Gasteiger partial charge in [0.25, 0.3) is 0 Å². The van der Waals surface area contributed by atoms with E-state index in [1.54, 1.807) is 0 Å². The zero-order valence-electron chi connectivity index (χ0n) is 7.23. The third kappa shape index (κ3) is 0.944. The van der Waals surface area contributed by atoms with Gasteiger partial charge in [-0.25, -0.2) is 0 Å². The van der Waals surface area contributed by atoms with Crippen LogP contribution < -0.4 is 0 Å². The van der Waals surface area contributed by atoms with Crippen molar-refractivity contribution in [1.29, 1.82) is 0 Å². The highest BCUT2D eigenvalue weighted by molar-refractivity contribution is 5.75. The molecule has 2 aliphatic rings. The minimum absolute atomic E-state index is 0.191. The molecule has 0 aromatic heterocycles. The number of allylic oxidation sites excluding steroid dienone is 2. The Morgan fingerprint density at radius 3 is 3.08 bits per heavy atom. The van der Waals surface area contributed by atoms with Crippen molar-refractivity contribution in [2.24, 2.45) is 17.8 Å². The van der Waals surface area contributed by atoms with E-state index in [9.17, 15) is 9.90 Å². The summed E-state index contributed by atoms with van der Waals surface area (Å²) in [5.74, 6) is 1.25. The summed E-state index contributed by atoms with van der Waals surface area (Å²) in [6.07, 6.45) is 4.57. The lowest BCUT2D eigenvalue weighted by Gasteiger charge is -2.14. The van der Waals surface area contributed by atoms with Crippen molar-refractivity contribution in [2.45, 2.75) is 25.9 Å². The second-order valence-electron chi connectivity index (χ2n) is 3.99. The smallest absolute Gasteiger partial charge is 0.145 e. The van der Waals surface area contributed by atoms with Crippen molar-refractivity contribution in [3.63, 3.8) is 0 Å². The SMILES string of the molecule is C[C@@H]1[C@H]2CC=C(C=O)[C@H]2C[C@H]1O. The quantitative estimate of drug-likeness (QED) is 0.593. The van der Waals surface area contributed by atoms with E-state index < -0.39 is 0 Å². The molecular formula is C10H14O2. The molecule has 2 heteroatoms. The number of rotatable bonds is 1. The van der Waals surface area contributed by atoms with E-state index in [-0.39, 0.29) is 6.10 Å². The van der Waals surface area contributed by atoms with Crippen LogP contribution in [0.5, 0.6) is 0 Å². The number of carbonyl (C=O) groups excluding carboxylic acids is 1. The Morgan fingerprint density at radius 2 is 2.42 bits per heavy atom. The number of hydrogen-bond donors (Lipinski definition) is 1. The Hall–Kier alpha value is -0.630. The molecule has 0 amide bonds. The van der Waals surface area contributed by atoms with Crippen molar-refractivity contribution in [2.75, 3.05) is 0 Å². The lowest BCUT2D eigenvalue weighted by Crippen LogP contribution is -2.14. The van der Waals surface area contributed by atoms with E-state index >= 15 is 0 Å². The van der Waals surface area contributed by atoms with Crippen LogP contribution in [0.4, 0.5) is 0 Å². The Bertz CT molecular complexity index is 232. The first-order valence-electron chi connectivity index (χ1n) is 4.57. The number of aliphatic hydroxyl groups excluding tert-OH is 1. The van der Waals surface area contributed by atoms with Crippen molar-refractivity contribution in [1.82, 2.24) is 0 Å². The van der Waals surface area contributed by atoms with Gasteiger partial charge in [-0.1, -0.05) is 13.0 Å². The fraction of sp³-hybridized carbons (Fsp3) is 0.700. The molecule has 66 valence electrons. The summed E-state index contributed by atoms with van der Waals surface area (Å²) in [5, 5.41) is 9.57. The Morgan fingerprint density at radius 1 is 1.67 bits per heavy atom. The summed E-state index contributed by atoms with van der Waals surface area (Å²) in [4.78, 5) is 10.6. The predicted molar refractivity (Wildman–Crippen MR) is 45.5 cm³/mol. The van der Waals surface area contributed by atoms with Crippen LogP contribution in [0.3, 0.4) is 0 Å². The van der Waals surface area contributed by atoms with E-state index in [0.29, 0.717) is 17.8 Å². The lowest BCUT2D eigenvalue weighted by molar-refractivity contribution is -0.105. The van der Waals surface area contributed by atoms with Crippen LogP contribution in [-0.4, -0.2) is 17.5 Å². The minimum Gasteiger partial charge on any atom is -0.393 e. The molecule has 2 nitrogen and oxygen atoms in total. The maximum Gasteiger partial charge on any atom is 0.145 e. The van der Waals surface area contributed by atoms with Gasteiger partial charge >= 0.3 is 0 Å². The maximum absolute atomic E-state index is 10.6. The summed E-state index contributed by atoms with van der Waals surface area (Å²) in [7, 11) is 0. The fourth-order valence-electron chi connectivity index (χ4n) is 2.62. The van der Waals surface area contributed by atoms with Gasteiger partial charge in [-0.2, -0.15) is 0 Å². The average molecular weight is 166 g/mol. The van der Waals surface area contributed by atoms with Gasteiger partial charge in [-0.05, 0) is 36.2 Å². The molecule has 0 unspecified atom stereocenters. The maximum atomic E-state index is 10.6. The zero-order valence-corrected chi connectivity index (χ0v) is 7.23. The van der Waals surface area contributed by atoms with Gasteiger partial charge in [-0.3, -0.25) is 4.79 Å². The Labute approximate surface area is 72.3 Å². The van der Waals surface area contributed by atoms with Crippen molar-refractivity contribution < 1.29 is 9.90 Å². The largest absolute Gasteiger partial charge is 0.393 e.